The molecule has 0 saturated heterocycles. The van der Waals surface area contributed by atoms with Crippen molar-refractivity contribution in [2.24, 2.45) is 0 Å². The highest BCUT2D eigenvalue weighted by atomic mass is 16.5. The predicted molar refractivity (Wildman–Crippen MR) is 128 cm³/mol. The molecule has 1 saturated carbocycles. The van der Waals surface area contributed by atoms with Crippen molar-refractivity contribution >= 4 is 11.8 Å². The van der Waals surface area contributed by atoms with E-state index in [1.165, 1.54) is 5.56 Å². The maximum atomic E-state index is 13.3. The number of nitrogens with zero attached hydrogens (tertiary/aromatic N) is 1. The first kappa shape index (κ1) is 23.8. The molecule has 0 bridgehead atoms. The van der Waals surface area contributed by atoms with Crippen LogP contribution < -0.4 is 10.1 Å². The Kier molecular flexibility index (Phi) is 8.72. The van der Waals surface area contributed by atoms with E-state index in [1.54, 1.807) is 12.0 Å². The van der Waals surface area contributed by atoms with Crippen molar-refractivity contribution in [2.75, 3.05) is 7.11 Å². The first-order chi connectivity index (χ1) is 15.5. The Bertz CT molecular complexity index is 888. The van der Waals surface area contributed by atoms with E-state index in [1.807, 2.05) is 31.2 Å². The summed E-state index contributed by atoms with van der Waals surface area (Å²) in [5.74, 6) is 0.663. The predicted octanol–water partition coefficient (Wildman–Crippen LogP) is 4.67. The maximum Gasteiger partial charge on any atom is 0.242 e. The number of methoxy groups -OCH3 is 1. The Hall–Kier alpha value is -2.82. The number of carbonyl (C=O) groups excluding carboxylic acids is 2. The van der Waals surface area contributed by atoms with Gasteiger partial charge in [-0.25, -0.2) is 0 Å². The standard InChI is InChI=1S/C27H36N2O3/c1-4-21-12-14-22(15-13-21)16-17-26(30)29(19-23-8-7-11-25(18-23)32-3)20(2)27(31)28-24-9-5-6-10-24/h7-8,11-15,18,20,24H,4-6,9-10,16-17,19H2,1-3H3,(H,28,31). The van der Waals surface area contributed by atoms with E-state index < -0.39 is 6.04 Å². The van der Waals surface area contributed by atoms with E-state index in [0.29, 0.717) is 19.4 Å². The minimum atomic E-state index is -0.531. The summed E-state index contributed by atoms with van der Waals surface area (Å²) in [6.45, 7) is 4.34. The van der Waals surface area contributed by atoms with Crippen LogP contribution in [0.5, 0.6) is 5.75 Å². The first-order valence-corrected chi connectivity index (χ1v) is 11.8. The third kappa shape index (κ3) is 6.59. The smallest absolute Gasteiger partial charge is 0.242 e. The lowest BCUT2D eigenvalue weighted by Gasteiger charge is -2.30. The third-order valence-corrected chi connectivity index (χ3v) is 6.41. The summed E-state index contributed by atoms with van der Waals surface area (Å²) in [4.78, 5) is 28.0. The van der Waals surface area contributed by atoms with E-state index in [0.717, 1.165) is 49.0 Å². The van der Waals surface area contributed by atoms with Crippen molar-refractivity contribution in [2.45, 2.75) is 77.4 Å². The molecule has 0 radical (unpaired) electrons. The average Bonchev–Trinajstić information content (AvgIpc) is 3.34. The Morgan fingerprint density at radius 2 is 1.75 bits per heavy atom. The van der Waals surface area contributed by atoms with Crippen LogP contribution in [0.4, 0.5) is 0 Å². The molecule has 1 unspecified atom stereocenters. The number of hydrogen-bond acceptors (Lipinski definition) is 3. The van der Waals surface area contributed by atoms with Gasteiger partial charge in [-0.05, 0) is 61.4 Å². The molecule has 2 amide bonds. The van der Waals surface area contributed by atoms with Gasteiger partial charge in [-0.2, -0.15) is 0 Å². The van der Waals surface area contributed by atoms with Gasteiger partial charge in [0.25, 0.3) is 0 Å². The number of benzene rings is 2. The molecule has 1 aliphatic rings. The van der Waals surface area contributed by atoms with Gasteiger partial charge >= 0.3 is 0 Å². The second-order valence-electron chi connectivity index (χ2n) is 8.71. The van der Waals surface area contributed by atoms with Crippen molar-refractivity contribution in [1.82, 2.24) is 10.2 Å². The zero-order valence-corrected chi connectivity index (χ0v) is 19.6. The van der Waals surface area contributed by atoms with Crippen LogP contribution in [0.3, 0.4) is 0 Å². The molecule has 2 aromatic carbocycles. The minimum Gasteiger partial charge on any atom is -0.497 e. The van der Waals surface area contributed by atoms with Gasteiger partial charge < -0.3 is 15.0 Å². The number of amides is 2. The monoisotopic (exact) mass is 436 g/mol. The number of hydrogen-bond donors (Lipinski definition) is 1. The molecule has 1 atom stereocenters. The van der Waals surface area contributed by atoms with E-state index in [2.05, 4.69) is 36.5 Å². The van der Waals surface area contributed by atoms with Crippen LogP contribution >= 0.6 is 0 Å². The van der Waals surface area contributed by atoms with Crippen molar-refractivity contribution < 1.29 is 14.3 Å². The molecule has 32 heavy (non-hydrogen) atoms. The number of ether oxygens (including phenoxy) is 1. The fourth-order valence-electron chi connectivity index (χ4n) is 4.28. The summed E-state index contributed by atoms with van der Waals surface area (Å²) in [5, 5.41) is 3.15. The molecule has 0 aromatic heterocycles. The zero-order valence-electron chi connectivity index (χ0n) is 19.6. The molecule has 3 rings (SSSR count). The highest BCUT2D eigenvalue weighted by molar-refractivity contribution is 5.87. The van der Waals surface area contributed by atoms with Crippen molar-refractivity contribution in [3.63, 3.8) is 0 Å². The molecule has 5 nitrogen and oxygen atoms in total. The van der Waals surface area contributed by atoms with E-state index in [4.69, 9.17) is 4.74 Å². The minimum absolute atomic E-state index is 0.0125. The summed E-state index contributed by atoms with van der Waals surface area (Å²) in [6.07, 6.45) is 6.39. The second-order valence-corrected chi connectivity index (χ2v) is 8.71. The van der Waals surface area contributed by atoms with Crippen LogP contribution in [-0.2, 0) is 29.0 Å². The van der Waals surface area contributed by atoms with Gasteiger partial charge in [-0.1, -0.05) is 56.2 Å². The lowest BCUT2D eigenvalue weighted by atomic mass is 10.0. The topological polar surface area (TPSA) is 58.6 Å². The molecule has 0 heterocycles. The van der Waals surface area contributed by atoms with Crippen molar-refractivity contribution in [1.29, 1.82) is 0 Å². The Balaban J connectivity index is 1.71. The van der Waals surface area contributed by atoms with Gasteiger partial charge in [0, 0.05) is 19.0 Å². The van der Waals surface area contributed by atoms with Gasteiger partial charge in [-0.15, -0.1) is 0 Å². The molecular weight excluding hydrogens is 400 g/mol. The van der Waals surface area contributed by atoms with Crippen LogP contribution in [0, 0.1) is 0 Å². The van der Waals surface area contributed by atoms with Gasteiger partial charge in [0.1, 0.15) is 11.8 Å². The SMILES string of the molecule is CCc1ccc(CCC(=O)N(Cc2cccc(OC)c2)C(C)C(=O)NC2CCCC2)cc1. The summed E-state index contributed by atoms with van der Waals surface area (Å²) in [5.41, 5.74) is 3.38. The molecule has 172 valence electrons. The number of carbonyl (C=O) groups is 2. The Labute approximate surface area is 192 Å². The van der Waals surface area contributed by atoms with Crippen LogP contribution in [0.1, 0.15) is 62.6 Å². The fraction of sp³-hybridized carbons (Fsp3) is 0.481. The quantitative estimate of drug-likeness (QED) is 0.589. The Morgan fingerprint density at radius 1 is 1.06 bits per heavy atom. The first-order valence-electron chi connectivity index (χ1n) is 11.8. The molecule has 0 spiro atoms. The van der Waals surface area contributed by atoms with Gasteiger partial charge in [0.05, 0.1) is 7.11 Å². The molecule has 2 aromatic rings. The number of rotatable bonds is 10. The Morgan fingerprint density at radius 3 is 2.41 bits per heavy atom. The van der Waals surface area contributed by atoms with E-state index in [9.17, 15) is 9.59 Å². The van der Waals surface area contributed by atoms with Crippen LogP contribution in [0.2, 0.25) is 0 Å². The largest absolute Gasteiger partial charge is 0.497 e. The van der Waals surface area contributed by atoms with Crippen LogP contribution in [0.25, 0.3) is 0 Å². The van der Waals surface area contributed by atoms with Gasteiger partial charge in [-0.3, -0.25) is 9.59 Å². The fourth-order valence-corrected chi connectivity index (χ4v) is 4.28. The lowest BCUT2D eigenvalue weighted by molar-refractivity contribution is -0.140. The summed E-state index contributed by atoms with van der Waals surface area (Å²) >= 11 is 0. The molecule has 0 aliphatic heterocycles. The molecule has 1 N–H and O–H groups in total. The highest BCUT2D eigenvalue weighted by Gasteiger charge is 2.28. The van der Waals surface area contributed by atoms with Crippen LogP contribution in [0.15, 0.2) is 48.5 Å². The molecule has 1 fully saturated rings. The lowest BCUT2D eigenvalue weighted by Crippen LogP contribution is -2.49. The molecule has 1 aliphatic carbocycles. The summed E-state index contributed by atoms with van der Waals surface area (Å²) < 4.78 is 5.33. The van der Waals surface area contributed by atoms with Gasteiger partial charge in [0.2, 0.25) is 11.8 Å². The average molecular weight is 437 g/mol. The number of aryl methyl sites for hydroxylation is 2. The normalized spacial score (nSPS) is 14.7. The van der Waals surface area contributed by atoms with Crippen LogP contribution in [-0.4, -0.2) is 35.9 Å². The zero-order chi connectivity index (χ0) is 22.9. The van der Waals surface area contributed by atoms with E-state index in [-0.39, 0.29) is 17.9 Å². The third-order valence-electron chi connectivity index (χ3n) is 6.41. The second kappa shape index (κ2) is 11.7. The summed E-state index contributed by atoms with van der Waals surface area (Å²) in [7, 11) is 1.63. The summed E-state index contributed by atoms with van der Waals surface area (Å²) in [6, 6.07) is 15.8. The van der Waals surface area contributed by atoms with Gasteiger partial charge in [0.15, 0.2) is 0 Å². The van der Waals surface area contributed by atoms with Crippen molar-refractivity contribution in [3.8, 4) is 5.75 Å². The molecular formula is C27H36N2O3. The maximum absolute atomic E-state index is 13.3. The number of nitrogens with one attached hydrogen (secondary N) is 1. The van der Waals surface area contributed by atoms with Crippen molar-refractivity contribution in [3.05, 3.63) is 65.2 Å². The molecule has 5 heteroatoms. The highest BCUT2D eigenvalue weighted by Crippen LogP contribution is 2.20. The van der Waals surface area contributed by atoms with E-state index >= 15 is 0 Å².